The molecule has 0 radical (unpaired) electrons. The van der Waals surface area contributed by atoms with Crippen molar-refractivity contribution in [1.82, 2.24) is 5.32 Å². The van der Waals surface area contributed by atoms with E-state index in [9.17, 15) is 5.11 Å². The molecule has 2 nitrogen and oxygen atoms in total. The van der Waals surface area contributed by atoms with Gasteiger partial charge in [0.05, 0.1) is 6.10 Å². The van der Waals surface area contributed by atoms with E-state index in [1.54, 1.807) is 0 Å². The van der Waals surface area contributed by atoms with Gasteiger partial charge in [0.25, 0.3) is 0 Å². The third kappa shape index (κ3) is 3.41. The molecule has 0 spiro atoms. The van der Waals surface area contributed by atoms with Crippen LogP contribution in [0.3, 0.4) is 0 Å². The zero-order valence-corrected chi connectivity index (χ0v) is 7.86. The van der Waals surface area contributed by atoms with E-state index in [1.165, 1.54) is 25.7 Å². The molecule has 0 bridgehead atoms. The maximum Gasteiger partial charge on any atom is 0.0692 e. The normalized spacial score (nSPS) is 21.3. The highest BCUT2D eigenvalue weighted by molar-refractivity contribution is 5.85. The minimum Gasteiger partial charge on any atom is -0.392 e. The van der Waals surface area contributed by atoms with Crippen LogP contribution in [0.2, 0.25) is 0 Å². The first-order valence-corrected chi connectivity index (χ1v) is 4.17. The van der Waals surface area contributed by atoms with Crippen molar-refractivity contribution >= 4 is 12.4 Å². The fourth-order valence-electron chi connectivity index (χ4n) is 1.72. The number of likely N-dealkylation sites (N-methyl/N-ethyl adjacent to an activating group) is 1. The lowest BCUT2D eigenvalue weighted by atomic mass is 10.0. The highest BCUT2D eigenvalue weighted by Gasteiger charge is 2.21. The molecule has 1 unspecified atom stereocenters. The monoisotopic (exact) mass is 179 g/mol. The Morgan fingerprint density at radius 3 is 2.45 bits per heavy atom. The van der Waals surface area contributed by atoms with Crippen LogP contribution in [0.25, 0.3) is 0 Å². The van der Waals surface area contributed by atoms with Gasteiger partial charge >= 0.3 is 0 Å². The van der Waals surface area contributed by atoms with Crippen LogP contribution in [0.15, 0.2) is 0 Å². The molecule has 68 valence electrons. The van der Waals surface area contributed by atoms with Gasteiger partial charge in [-0.3, -0.25) is 0 Å². The third-order valence-corrected chi connectivity index (χ3v) is 2.36. The number of aliphatic hydroxyl groups is 1. The lowest BCUT2D eigenvalue weighted by Crippen LogP contribution is -2.29. The van der Waals surface area contributed by atoms with Gasteiger partial charge in [0.1, 0.15) is 0 Å². The Morgan fingerprint density at radius 2 is 2.00 bits per heavy atom. The maximum absolute atomic E-state index is 9.49. The SMILES string of the molecule is CNCC(O)C1CCCC1.Cl. The van der Waals surface area contributed by atoms with Gasteiger partial charge < -0.3 is 10.4 Å². The van der Waals surface area contributed by atoms with E-state index in [-0.39, 0.29) is 18.5 Å². The highest BCUT2D eigenvalue weighted by atomic mass is 35.5. The number of nitrogens with one attached hydrogen (secondary N) is 1. The predicted molar refractivity (Wildman–Crippen MR) is 49.1 cm³/mol. The van der Waals surface area contributed by atoms with Crippen molar-refractivity contribution in [1.29, 1.82) is 0 Å². The van der Waals surface area contributed by atoms with E-state index in [2.05, 4.69) is 5.32 Å². The number of hydrogen-bond donors (Lipinski definition) is 2. The first kappa shape index (κ1) is 11.2. The van der Waals surface area contributed by atoms with Crippen molar-refractivity contribution in [2.24, 2.45) is 5.92 Å². The number of hydrogen-bond acceptors (Lipinski definition) is 2. The fourth-order valence-corrected chi connectivity index (χ4v) is 1.72. The van der Waals surface area contributed by atoms with E-state index in [0.717, 1.165) is 6.54 Å². The molecule has 0 aromatic heterocycles. The van der Waals surface area contributed by atoms with Crippen LogP contribution < -0.4 is 5.32 Å². The van der Waals surface area contributed by atoms with Gasteiger partial charge in [-0.15, -0.1) is 12.4 Å². The first-order chi connectivity index (χ1) is 4.84. The van der Waals surface area contributed by atoms with Crippen LogP contribution in [0.1, 0.15) is 25.7 Å². The van der Waals surface area contributed by atoms with E-state index in [4.69, 9.17) is 0 Å². The lowest BCUT2D eigenvalue weighted by molar-refractivity contribution is 0.111. The zero-order chi connectivity index (χ0) is 7.40. The van der Waals surface area contributed by atoms with E-state index >= 15 is 0 Å². The molecule has 1 saturated carbocycles. The molecule has 0 aromatic rings. The van der Waals surface area contributed by atoms with Crippen LogP contribution >= 0.6 is 12.4 Å². The Hall–Kier alpha value is 0.210. The molecule has 11 heavy (non-hydrogen) atoms. The molecule has 1 atom stereocenters. The molecule has 0 heterocycles. The highest BCUT2D eigenvalue weighted by Crippen LogP contribution is 2.27. The van der Waals surface area contributed by atoms with Gasteiger partial charge in [-0.1, -0.05) is 12.8 Å². The molecule has 0 amide bonds. The van der Waals surface area contributed by atoms with Gasteiger partial charge in [-0.2, -0.15) is 0 Å². The minimum absolute atomic E-state index is 0. The molecule has 1 fully saturated rings. The molecule has 1 rings (SSSR count). The summed E-state index contributed by atoms with van der Waals surface area (Å²) in [6.45, 7) is 0.755. The Labute approximate surface area is 74.8 Å². The summed E-state index contributed by atoms with van der Waals surface area (Å²) in [6, 6.07) is 0. The second-order valence-electron chi connectivity index (χ2n) is 3.17. The number of aliphatic hydroxyl groups excluding tert-OH is 1. The van der Waals surface area contributed by atoms with Crippen molar-refractivity contribution in [3.63, 3.8) is 0 Å². The average molecular weight is 180 g/mol. The van der Waals surface area contributed by atoms with Crippen molar-refractivity contribution in [2.45, 2.75) is 31.8 Å². The topological polar surface area (TPSA) is 32.3 Å². The van der Waals surface area contributed by atoms with Gasteiger partial charge in [0.2, 0.25) is 0 Å². The summed E-state index contributed by atoms with van der Waals surface area (Å²) >= 11 is 0. The maximum atomic E-state index is 9.49. The second kappa shape index (κ2) is 5.81. The Morgan fingerprint density at radius 1 is 1.45 bits per heavy atom. The van der Waals surface area contributed by atoms with Gasteiger partial charge in [0, 0.05) is 6.54 Å². The van der Waals surface area contributed by atoms with Crippen molar-refractivity contribution in [3.05, 3.63) is 0 Å². The van der Waals surface area contributed by atoms with Crippen LogP contribution in [0.4, 0.5) is 0 Å². The van der Waals surface area contributed by atoms with Crippen LogP contribution in [-0.4, -0.2) is 24.8 Å². The average Bonchev–Trinajstić information content (AvgIpc) is 2.38. The molecule has 0 aromatic carbocycles. The van der Waals surface area contributed by atoms with Crippen LogP contribution in [0, 0.1) is 5.92 Å². The quantitative estimate of drug-likeness (QED) is 0.682. The van der Waals surface area contributed by atoms with Crippen molar-refractivity contribution < 1.29 is 5.11 Å². The molecule has 3 heteroatoms. The van der Waals surface area contributed by atoms with Gasteiger partial charge in [-0.25, -0.2) is 0 Å². The molecule has 1 aliphatic carbocycles. The molecule has 0 aliphatic heterocycles. The zero-order valence-electron chi connectivity index (χ0n) is 7.05. The Bertz CT molecular complexity index is 94.1. The first-order valence-electron chi connectivity index (χ1n) is 4.17. The molecule has 1 aliphatic rings. The van der Waals surface area contributed by atoms with E-state index in [1.807, 2.05) is 7.05 Å². The van der Waals surface area contributed by atoms with Crippen molar-refractivity contribution in [2.75, 3.05) is 13.6 Å². The van der Waals surface area contributed by atoms with Crippen LogP contribution in [-0.2, 0) is 0 Å². The molecule has 2 N–H and O–H groups in total. The molecule has 0 saturated heterocycles. The summed E-state index contributed by atoms with van der Waals surface area (Å²) in [4.78, 5) is 0. The van der Waals surface area contributed by atoms with Crippen molar-refractivity contribution in [3.8, 4) is 0 Å². The Balaban J connectivity index is 0.000001000. The smallest absolute Gasteiger partial charge is 0.0692 e. The lowest BCUT2D eigenvalue weighted by Gasteiger charge is -2.16. The van der Waals surface area contributed by atoms with E-state index < -0.39 is 0 Å². The number of halogens is 1. The summed E-state index contributed by atoms with van der Waals surface area (Å²) in [7, 11) is 1.89. The third-order valence-electron chi connectivity index (χ3n) is 2.36. The standard InChI is InChI=1S/C8H17NO.ClH/c1-9-6-8(10)7-4-2-3-5-7;/h7-10H,2-6H2,1H3;1H. The summed E-state index contributed by atoms with van der Waals surface area (Å²) < 4.78 is 0. The van der Waals surface area contributed by atoms with E-state index in [0.29, 0.717) is 5.92 Å². The Kier molecular flexibility index (Phi) is 5.92. The minimum atomic E-state index is -0.104. The van der Waals surface area contributed by atoms with Crippen LogP contribution in [0.5, 0.6) is 0 Å². The van der Waals surface area contributed by atoms with Gasteiger partial charge in [0.15, 0.2) is 0 Å². The summed E-state index contributed by atoms with van der Waals surface area (Å²) in [5.74, 6) is 0.576. The number of rotatable bonds is 3. The molecular formula is C8H18ClNO. The second-order valence-corrected chi connectivity index (χ2v) is 3.17. The largest absolute Gasteiger partial charge is 0.392 e. The summed E-state index contributed by atoms with van der Waals surface area (Å²) in [5.41, 5.74) is 0. The predicted octanol–water partition coefficient (Wildman–Crippen LogP) is 1.18. The summed E-state index contributed by atoms with van der Waals surface area (Å²) in [6.07, 6.45) is 4.97. The molecular weight excluding hydrogens is 162 g/mol. The van der Waals surface area contributed by atoms with Gasteiger partial charge in [-0.05, 0) is 25.8 Å². The fraction of sp³-hybridized carbons (Fsp3) is 1.00. The summed E-state index contributed by atoms with van der Waals surface area (Å²) in [5, 5.41) is 12.5.